The molecule has 0 spiro atoms. The minimum Gasteiger partial charge on any atom is -0.378 e. The Morgan fingerprint density at radius 3 is 2.33 bits per heavy atom. The second-order valence-electron chi connectivity index (χ2n) is 4.91. The minimum atomic E-state index is -3.53. The molecule has 0 aliphatic rings. The third-order valence-electron chi connectivity index (χ3n) is 3.26. The van der Waals surface area contributed by atoms with E-state index in [-0.39, 0.29) is 5.03 Å². The van der Waals surface area contributed by atoms with Crippen molar-refractivity contribution < 1.29 is 8.42 Å². The first kappa shape index (κ1) is 15.5. The number of aromatic nitrogens is 2. The van der Waals surface area contributed by atoms with Crippen molar-refractivity contribution in [1.29, 1.82) is 0 Å². The maximum absolute atomic E-state index is 12.5. The van der Waals surface area contributed by atoms with Crippen molar-refractivity contribution in [2.45, 2.75) is 18.5 Å². The van der Waals surface area contributed by atoms with E-state index in [0.29, 0.717) is 13.1 Å². The van der Waals surface area contributed by atoms with Gasteiger partial charge in [-0.1, -0.05) is 19.1 Å². The minimum absolute atomic E-state index is 0.120. The number of H-pyrrole nitrogens is 1. The van der Waals surface area contributed by atoms with Gasteiger partial charge in [-0.2, -0.15) is 4.31 Å². The van der Waals surface area contributed by atoms with Crippen LogP contribution in [0.5, 0.6) is 0 Å². The summed E-state index contributed by atoms with van der Waals surface area (Å²) < 4.78 is 26.3. The van der Waals surface area contributed by atoms with Gasteiger partial charge in [0.1, 0.15) is 0 Å². The number of anilines is 1. The molecule has 6 nitrogen and oxygen atoms in total. The van der Waals surface area contributed by atoms with E-state index >= 15 is 0 Å². The van der Waals surface area contributed by atoms with E-state index in [1.54, 1.807) is 0 Å². The van der Waals surface area contributed by atoms with Crippen molar-refractivity contribution in [1.82, 2.24) is 14.3 Å². The van der Waals surface area contributed by atoms with Crippen molar-refractivity contribution in [2.75, 3.05) is 25.5 Å². The molecule has 1 heterocycles. The third-order valence-corrected chi connectivity index (χ3v) is 5.10. The van der Waals surface area contributed by atoms with Gasteiger partial charge in [-0.15, -0.1) is 0 Å². The van der Waals surface area contributed by atoms with Crippen LogP contribution in [0.15, 0.2) is 41.8 Å². The van der Waals surface area contributed by atoms with Crippen LogP contribution in [0.2, 0.25) is 0 Å². The van der Waals surface area contributed by atoms with Gasteiger partial charge in [0.05, 0.1) is 12.5 Å². The van der Waals surface area contributed by atoms with Crippen molar-refractivity contribution in [2.24, 2.45) is 0 Å². The molecule has 2 aromatic rings. The molecular formula is C14H20N4O2S. The number of benzene rings is 1. The van der Waals surface area contributed by atoms with E-state index in [1.807, 2.05) is 50.2 Å². The summed E-state index contributed by atoms with van der Waals surface area (Å²) in [6.07, 6.45) is 2.69. The zero-order valence-corrected chi connectivity index (χ0v) is 13.3. The van der Waals surface area contributed by atoms with Gasteiger partial charge in [-0.3, -0.25) is 0 Å². The highest BCUT2D eigenvalue weighted by Gasteiger charge is 2.24. The SMILES string of the molecule is CCN(Cc1ccc(N(C)C)cc1)S(=O)(=O)c1cnc[nH]1. The summed E-state index contributed by atoms with van der Waals surface area (Å²) in [6, 6.07) is 7.85. The first-order valence-electron chi connectivity index (χ1n) is 6.70. The van der Waals surface area contributed by atoms with Crippen LogP contribution in [-0.4, -0.2) is 43.3 Å². The smallest absolute Gasteiger partial charge is 0.260 e. The quantitative estimate of drug-likeness (QED) is 0.881. The summed E-state index contributed by atoms with van der Waals surface area (Å²) in [5.74, 6) is 0. The lowest BCUT2D eigenvalue weighted by Gasteiger charge is -2.20. The summed E-state index contributed by atoms with van der Waals surface area (Å²) in [6.45, 7) is 2.56. The number of hydrogen-bond donors (Lipinski definition) is 1. The molecule has 0 aliphatic heterocycles. The lowest BCUT2D eigenvalue weighted by molar-refractivity contribution is 0.421. The van der Waals surface area contributed by atoms with Crippen LogP contribution >= 0.6 is 0 Å². The van der Waals surface area contributed by atoms with Crippen LogP contribution in [0.3, 0.4) is 0 Å². The van der Waals surface area contributed by atoms with E-state index in [2.05, 4.69) is 9.97 Å². The Bertz CT molecular complexity index is 664. The van der Waals surface area contributed by atoms with E-state index in [1.165, 1.54) is 16.8 Å². The molecule has 0 atom stereocenters. The van der Waals surface area contributed by atoms with Gasteiger partial charge in [0.15, 0.2) is 5.03 Å². The van der Waals surface area contributed by atoms with Gasteiger partial charge in [-0.05, 0) is 17.7 Å². The highest BCUT2D eigenvalue weighted by atomic mass is 32.2. The molecule has 0 amide bonds. The number of imidazole rings is 1. The van der Waals surface area contributed by atoms with Gasteiger partial charge < -0.3 is 9.88 Å². The van der Waals surface area contributed by atoms with Crippen LogP contribution < -0.4 is 4.90 Å². The third kappa shape index (κ3) is 3.43. The van der Waals surface area contributed by atoms with Crippen molar-refractivity contribution in [3.63, 3.8) is 0 Å². The summed E-state index contributed by atoms with van der Waals surface area (Å²) in [4.78, 5) is 8.43. The van der Waals surface area contributed by atoms with E-state index in [9.17, 15) is 8.42 Å². The highest BCUT2D eigenvalue weighted by Crippen LogP contribution is 2.18. The molecular weight excluding hydrogens is 288 g/mol. The van der Waals surface area contributed by atoms with Crippen LogP contribution in [0.1, 0.15) is 12.5 Å². The first-order chi connectivity index (χ1) is 9.95. The molecule has 0 aliphatic carbocycles. The average molecular weight is 308 g/mol. The number of nitrogens with one attached hydrogen (secondary N) is 1. The summed E-state index contributed by atoms with van der Waals surface area (Å²) in [7, 11) is 0.409. The van der Waals surface area contributed by atoms with Crippen LogP contribution in [0, 0.1) is 0 Å². The molecule has 0 bridgehead atoms. The van der Waals surface area contributed by atoms with Gasteiger partial charge in [0.25, 0.3) is 10.0 Å². The highest BCUT2D eigenvalue weighted by molar-refractivity contribution is 7.89. The maximum Gasteiger partial charge on any atom is 0.260 e. The number of sulfonamides is 1. The molecule has 114 valence electrons. The normalized spacial score (nSPS) is 11.8. The predicted molar refractivity (Wildman–Crippen MR) is 82.6 cm³/mol. The van der Waals surface area contributed by atoms with Gasteiger partial charge in [0.2, 0.25) is 0 Å². The molecule has 2 rings (SSSR count). The predicted octanol–water partition coefficient (Wildman–Crippen LogP) is 1.69. The Morgan fingerprint density at radius 2 is 1.86 bits per heavy atom. The summed E-state index contributed by atoms with van der Waals surface area (Å²) >= 11 is 0. The molecule has 1 N–H and O–H groups in total. The Hall–Kier alpha value is -1.86. The summed E-state index contributed by atoms with van der Waals surface area (Å²) in [5, 5.41) is 0.120. The lowest BCUT2D eigenvalue weighted by Crippen LogP contribution is -2.30. The maximum atomic E-state index is 12.5. The van der Waals surface area contributed by atoms with Crippen LogP contribution in [-0.2, 0) is 16.6 Å². The standard InChI is InChI=1S/C14H20N4O2S/c1-4-18(21(19,20)14-9-15-11-16-14)10-12-5-7-13(8-6-12)17(2)3/h5-9,11H,4,10H2,1-3H3,(H,15,16). The zero-order chi connectivity index (χ0) is 15.5. The zero-order valence-electron chi connectivity index (χ0n) is 12.4. The molecule has 1 aromatic carbocycles. The Kier molecular flexibility index (Phi) is 4.64. The number of hydrogen-bond acceptors (Lipinski definition) is 4. The molecule has 1 aromatic heterocycles. The molecule has 0 saturated carbocycles. The second-order valence-corrected chi connectivity index (χ2v) is 6.81. The first-order valence-corrected chi connectivity index (χ1v) is 8.14. The van der Waals surface area contributed by atoms with Crippen molar-refractivity contribution >= 4 is 15.7 Å². The molecule has 21 heavy (non-hydrogen) atoms. The number of nitrogens with zero attached hydrogens (tertiary/aromatic N) is 3. The van der Waals surface area contributed by atoms with Crippen LogP contribution in [0.25, 0.3) is 0 Å². The topological polar surface area (TPSA) is 69.3 Å². The van der Waals surface area contributed by atoms with E-state index < -0.39 is 10.0 Å². The lowest BCUT2D eigenvalue weighted by atomic mass is 10.2. The van der Waals surface area contributed by atoms with Crippen LogP contribution in [0.4, 0.5) is 5.69 Å². The number of aromatic amines is 1. The fourth-order valence-corrected chi connectivity index (χ4v) is 3.33. The van der Waals surface area contributed by atoms with Crippen molar-refractivity contribution in [3.8, 4) is 0 Å². The summed E-state index contributed by atoms with van der Waals surface area (Å²) in [5.41, 5.74) is 2.03. The monoisotopic (exact) mass is 308 g/mol. The molecule has 0 unspecified atom stereocenters. The van der Waals surface area contributed by atoms with Gasteiger partial charge in [-0.25, -0.2) is 13.4 Å². The molecule has 0 saturated heterocycles. The molecule has 0 radical (unpaired) electrons. The van der Waals surface area contributed by atoms with E-state index in [4.69, 9.17) is 0 Å². The van der Waals surface area contributed by atoms with E-state index in [0.717, 1.165) is 11.3 Å². The largest absolute Gasteiger partial charge is 0.378 e. The average Bonchev–Trinajstić information content (AvgIpc) is 3.00. The number of rotatable bonds is 6. The fourth-order valence-electron chi connectivity index (χ4n) is 1.99. The Balaban J connectivity index is 2.19. The molecule has 0 fully saturated rings. The Morgan fingerprint density at radius 1 is 1.19 bits per heavy atom. The van der Waals surface area contributed by atoms with Gasteiger partial charge in [0, 0.05) is 32.9 Å². The fraction of sp³-hybridized carbons (Fsp3) is 0.357. The van der Waals surface area contributed by atoms with Gasteiger partial charge >= 0.3 is 0 Å². The van der Waals surface area contributed by atoms with Crippen molar-refractivity contribution in [3.05, 3.63) is 42.4 Å². The molecule has 7 heteroatoms. The Labute approximate surface area is 125 Å². The second kappa shape index (κ2) is 6.28.